The number of para-hydroxylation sites is 1. The third-order valence-electron chi connectivity index (χ3n) is 5.25. The number of hydrogen-bond acceptors (Lipinski definition) is 6. The molecule has 2 aliphatic rings. The molecule has 1 saturated carbocycles. The number of rotatable bonds is 7. The number of amides is 2. The molecule has 154 valence electrons. The molecule has 0 spiro atoms. The third-order valence-corrected chi connectivity index (χ3v) is 5.25. The molecule has 2 amide bonds. The first-order chi connectivity index (χ1) is 14.1. The molecule has 1 aliphatic heterocycles. The van der Waals surface area contributed by atoms with Gasteiger partial charge in [-0.3, -0.25) is 19.4 Å². The summed E-state index contributed by atoms with van der Waals surface area (Å²) in [6.07, 6.45) is 2.06. The highest BCUT2D eigenvalue weighted by atomic mass is 16.5. The van der Waals surface area contributed by atoms with Crippen LogP contribution in [0.1, 0.15) is 34.7 Å². The number of carbonyl (C=O) groups is 2. The molecule has 1 aromatic carbocycles. The highest BCUT2D eigenvalue weighted by molar-refractivity contribution is 6.04. The van der Waals surface area contributed by atoms with Crippen molar-refractivity contribution in [3.63, 3.8) is 0 Å². The Labute approximate surface area is 170 Å². The minimum atomic E-state index is -0.125. The summed E-state index contributed by atoms with van der Waals surface area (Å²) in [6, 6.07) is 9.40. The Kier molecular flexibility index (Phi) is 5.92. The average molecular weight is 397 g/mol. The van der Waals surface area contributed by atoms with Gasteiger partial charge in [-0.25, -0.2) is 0 Å². The van der Waals surface area contributed by atoms with Crippen molar-refractivity contribution in [3.8, 4) is 0 Å². The van der Waals surface area contributed by atoms with E-state index < -0.39 is 0 Å². The molecule has 8 heteroatoms. The van der Waals surface area contributed by atoms with E-state index in [1.165, 1.54) is 0 Å². The molecule has 4 rings (SSSR count). The van der Waals surface area contributed by atoms with Crippen molar-refractivity contribution in [1.29, 1.82) is 0 Å². The smallest absolute Gasteiger partial charge is 0.253 e. The summed E-state index contributed by atoms with van der Waals surface area (Å²) in [6.45, 7) is 6.35. The van der Waals surface area contributed by atoms with Crippen LogP contribution in [0.4, 0.5) is 5.69 Å². The molecule has 1 aliphatic carbocycles. The van der Waals surface area contributed by atoms with Gasteiger partial charge < -0.3 is 15.2 Å². The second-order valence-electron chi connectivity index (χ2n) is 7.82. The fourth-order valence-electron chi connectivity index (χ4n) is 3.50. The third kappa shape index (κ3) is 5.42. The first kappa shape index (κ1) is 19.6. The number of carbonyl (C=O) groups excluding carboxylic acids is 2. The van der Waals surface area contributed by atoms with Crippen molar-refractivity contribution in [2.45, 2.75) is 32.4 Å². The van der Waals surface area contributed by atoms with E-state index in [2.05, 4.69) is 25.6 Å². The lowest BCUT2D eigenvalue weighted by Gasteiger charge is -2.33. The summed E-state index contributed by atoms with van der Waals surface area (Å²) in [4.78, 5) is 29.4. The number of hydrogen-bond donors (Lipinski definition) is 2. The average Bonchev–Trinajstić information content (AvgIpc) is 3.43. The van der Waals surface area contributed by atoms with Gasteiger partial charge in [0.1, 0.15) is 5.76 Å². The summed E-state index contributed by atoms with van der Waals surface area (Å²) in [5, 5.41) is 9.92. The van der Waals surface area contributed by atoms with Gasteiger partial charge in [0.2, 0.25) is 5.91 Å². The van der Waals surface area contributed by atoms with Crippen LogP contribution in [0.25, 0.3) is 0 Å². The van der Waals surface area contributed by atoms with Crippen molar-refractivity contribution in [1.82, 2.24) is 20.3 Å². The molecule has 29 heavy (non-hydrogen) atoms. The van der Waals surface area contributed by atoms with Crippen LogP contribution in [-0.2, 0) is 11.3 Å². The van der Waals surface area contributed by atoms with Gasteiger partial charge in [0.05, 0.1) is 23.5 Å². The number of nitrogens with one attached hydrogen (secondary N) is 2. The van der Waals surface area contributed by atoms with Gasteiger partial charge in [-0.05, 0) is 31.9 Å². The molecule has 0 unspecified atom stereocenters. The summed E-state index contributed by atoms with van der Waals surface area (Å²) >= 11 is 0. The minimum absolute atomic E-state index is 0.0998. The van der Waals surface area contributed by atoms with Crippen LogP contribution < -0.4 is 10.6 Å². The molecule has 8 nitrogen and oxygen atoms in total. The summed E-state index contributed by atoms with van der Waals surface area (Å²) in [5.41, 5.74) is 2.02. The highest BCUT2D eigenvalue weighted by Crippen LogP contribution is 2.21. The SMILES string of the molecule is Cc1cc(CN2CCN(CC(=O)Nc3ccccc3C(=O)NC3CC3)CC2)no1. The fourth-order valence-corrected chi connectivity index (χ4v) is 3.50. The summed E-state index contributed by atoms with van der Waals surface area (Å²) in [5.74, 6) is 0.596. The molecule has 2 N–H and O–H groups in total. The van der Waals surface area contributed by atoms with Gasteiger partial charge in [-0.2, -0.15) is 0 Å². The largest absolute Gasteiger partial charge is 0.361 e. The number of aryl methyl sites for hydroxylation is 1. The van der Waals surface area contributed by atoms with Gasteiger partial charge >= 0.3 is 0 Å². The van der Waals surface area contributed by atoms with E-state index in [9.17, 15) is 9.59 Å². The van der Waals surface area contributed by atoms with Crippen LogP contribution in [0, 0.1) is 6.92 Å². The second kappa shape index (κ2) is 8.75. The molecule has 1 saturated heterocycles. The molecule has 0 radical (unpaired) electrons. The number of nitrogens with zero attached hydrogens (tertiary/aromatic N) is 3. The van der Waals surface area contributed by atoms with Crippen molar-refractivity contribution in [2.24, 2.45) is 0 Å². The Morgan fingerprint density at radius 2 is 1.86 bits per heavy atom. The second-order valence-corrected chi connectivity index (χ2v) is 7.82. The topological polar surface area (TPSA) is 90.7 Å². The Morgan fingerprint density at radius 1 is 1.14 bits per heavy atom. The van der Waals surface area contributed by atoms with E-state index in [1.54, 1.807) is 12.1 Å². The molecule has 1 aromatic heterocycles. The van der Waals surface area contributed by atoms with Gasteiger partial charge in [0, 0.05) is 44.8 Å². The highest BCUT2D eigenvalue weighted by Gasteiger charge is 2.25. The fraction of sp³-hybridized carbons (Fsp3) is 0.476. The van der Waals surface area contributed by atoms with Crippen LogP contribution in [-0.4, -0.2) is 65.5 Å². The first-order valence-electron chi connectivity index (χ1n) is 10.1. The van der Waals surface area contributed by atoms with Crippen LogP contribution in [0.3, 0.4) is 0 Å². The van der Waals surface area contributed by atoms with Gasteiger partial charge in [0.15, 0.2) is 0 Å². The monoisotopic (exact) mass is 397 g/mol. The first-order valence-corrected chi connectivity index (χ1v) is 10.1. The number of anilines is 1. The Balaban J connectivity index is 1.26. The van der Waals surface area contributed by atoms with Gasteiger partial charge in [-0.1, -0.05) is 17.3 Å². The van der Waals surface area contributed by atoms with E-state index in [1.807, 2.05) is 25.1 Å². The van der Waals surface area contributed by atoms with E-state index >= 15 is 0 Å². The standard InChI is InChI=1S/C21H27N5O3/c1-15-12-17(24-29-15)13-25-8-10-26(11-9-25)14-20(27)23-19-5-3-2-4-18(19)21(28)22-16-6-7-16/h2-5,12,16H,6-11,13-14H2,1H3,(H,22,28)(H,23,27). The maximum atomic E-state index is 12.5. The number of aromatic nitrogens is 1. The molecule has 2 heterocycles. The Hall–Kier alpha value is -2.71. The molecule has 0 bridgehead atoms. The lowest BCUT2D eigenvalue weighted by atomic mass is 10.1. The zero-order valence-electron chi connectivity index (χ0n) is 16.7. The van der Waals surface area contributed by atoms with Crippen molar-refractivity contribution in [2.75, 3.05) is 38.0 Å². The van der Waals surface area contributed by atoms with E-state index in [0.29, 0.717) is 17.8 Å². The molecular formula is C21H27N5O3. The predicted octanol–water partition coefficient (Wildman–Crippen LogP) is 1.63. The minimum Gasteiger partial charge on any atom is -0.361 e. The maximum Gasteiger partial charge on any atom is 0.253 e. The lowest BCUT2D eigenvalue weighted by molar-refractivity contribution is -0.117. The van der Waals surface area contributed by atoms with Crippen molar-refractivity contribution >= 4 is 17.5 Å². The zero-order chi connectivity index (χ0) is 20.2. The number of benzene rings is 1. The van der Waals surface area contributed by atoms with Gasteiger partial charge in [0.25, 0.3) is 5.91 Å². The normalized spacial score (nSPS) is 17.8. The molecular weight excluding hydrogens is 370 g/mol. The number of piperazine rings is 1. The Morgan fingerprint density at radius 3 is 2.55 bits per heavy atom. The summed E-state index contributed by atoms with van der Waals surface area (Å²) in [7, 11) is 0. The predicted molar refractivity (Wildman–Crippen MR) is 109 cm³/mol. The van der Waals surface area contributed by atoms with Crippen molar-refractivity contribution < 1.29 is 14.1 Å². The summed E-state index contributed by atoms with van der Waals surface area (Å²) < 4.78 is 5.12. The van der Waals surface area contributed by atoms with Gasteiger partial charge in [-0.15, -0.1) is 0 Å². The van der Waals surface area contributed by atoms with E-state index in [4.69, 9.17) is 4.52 Å². The van der Waals surface area contributed by atoms with E-state index in [-0.39, 0.29) is 17.9 Å². The Bertz CT molecular complexity index is 869. The van der Waals surface area contributed by atoms with Crippen LogP contribution in [0.5, 0.6) is 0 Å². The van der Waals surface area contributed by atoms with Crippen molar-refractivity contribution in [3.05, 3.63) is 47.3 Å². The maximum absolute atomic E-state index is 12.5. The lowest BCUT2D eigenvalue weighted by Crippen LogP contribution is -2.48. The quantitative estimate of drug-likeness (QED) is 0.738. The molecule has 2 aromatic rings. The van der Waals surface area contributed by atoms with E-state index in [0.717, 1.165) is 57.0 Å². The molecule has 2 fully saturated rings. The molecule has 0 atom stereocenters. The van der Waals surface area contributed by atoms with Crippen LogP contribution >= 0.6 is 0 Å². The van der Waals surface area contributed by atoms with Crippen LogP contribution in [0.2, 0.25) is 0 Å². The van der Waals surface area contributed by atoms with Crippen LogP contribution in [0.15, 0.2) is 34.9 Å². The zero-order valence-corrected chi connectivity index (χ0v) is 16.7.